The third kappa shape index (κ3) is 3.52. The van der Waals surface area contributed by atoms with Crippen LogP contribution >= 0.6 is 0 Å². The second-order valence-electron chi connectivity index (χ2n) is 4.87. The van der Waals surface area contributed by atoms with Crippen LogP contribution in [0.2, 0.25) is 0 Å². The molecule has 0 aliphatic heterocycles. The van der Waals surface area contributed by atoms with E-state index in [1.54, 1.807) is 6.07 Å². The summed E-state index contributed by atoms with van der Waals surface area (Å²) >= 11 is 0. The second-order valence-corrected chi connectivity index (χ2v) is 4.87. The number of nitrogens with one attached hydrogen (secondary N) is 1. The predicted molar refractivity (Wildman–Crippen MR) is 69.3 cm³/mol. The van der Waals surface area contributed by atoms with Crippen molar-refractivity contribution in [3.05, 3.63) is 29.6 Å². The van der Waals surface area contributed by atoms with Crippen LogP contribution in [0.3, 0.4) is 0 Å². The van der Waals surface area contributed by atoms with Gasteiger partial charge in [-0.2, -0.15) is 5.26 Å². The molecule has 1 fully saturated rings. The van der Waals surface area contributed by atoms with E-state index < -0.39 is 6.10 Å². The molecule has 1 atom stereocenters. The van der Waals surface area contributed by atoms with Crippen molar-refractivity contribution < 1.29 is 9.90 Å². The highest BCUT2D eigenvalue weighted by Gasteiger charge is 2.23. The molecule has 5 heteroatoms. The summed E-state index contributed by atoms with van der Waals surface area (Å²) in [5.41, 5.74) is 0.681. The highest BCUT2D eigenvalue weighted by atomic mass is 16.3. The average molecular weight is 259 g/mol. The molecule has 2 N–H and O–H groups in total. The van der Waals surface area contributed by atoms with Gasteiger partial charge in [0, 0.05) is 12.7 Å². The van der Waals surface area contributed by atoms with E-state index in [1.807, 2.05) is 6.07 Å². The van der Waals surface area contributed by atoms with Gasteiger partial charge in [0.15, 0.2) is 0 Å². The number of aromatic nitrogens is 1. The fourth-order valence-corrected chi connectivity index (χ4v) is 2.39. The summed E-state index contributed by atoms with van der Waals surface area (Å²) in [6.45, 7) is 0.255. The maximum atomic E-state index is 11.8. The molecule has 1 aliphatic rings. The highest BCUT2D eigenvalue weighted by Crippen LogP contribution is 2.27. The number of carbonyl (C=O) groups excluding carboxylic acids is 1. The molecule has 0 saturated heterocycles. The summed E-state index contributed by atoms with van der Waals surface area (Å²) in [5.74, 6) is -0.0178. The maximum Gasteiger partial charge on any atom is 0.269 e. The molecule has 0 bridgehead atoms. The number of amides is 1. The first-order valence-corrected chi connectivity index (χ1v) is 6.53. The van der Waals surface area contributed by atoms with Gasteiger partial charge in [-0.15, -0.1) is 0 Å². The summed E-state index contributed by atoms with van der Waals surface area (Å²) < 4.78 is 0. The smallest absolute Gasteiger partial charge is 0.269 e. The molecule has 19 heavy (non-hydrogen) atoms. The van der Waals surface area contributed by atoms with Gasteiger partial charge in [-0.25, -0.2) is 4.98 Å². The molecule has 1 aromatic rings. The van der Waals surface area contributed by atoms with E-state index in [1.165, 1.54) is 12.3 Å². The van der Waals surface area contributed by atoms with Gasteiger partial charge in [0.1, 0.15) is 11.8 Å². The van der Waals surface area contributed by atoms with Crippen LogP contribution in [-0.2, 0) is 0 Å². The monoisotopic (exact) mass is 259 g/mol. The Morgan fingerprint density at radius 2 is 2.26 bits per heavy atom. The van der Waals surface area contributed by atoms with Crippen molar-refractivity contribution in [1.82, 2.24) is 10.3 Å². The van der Waals surface area contributed by atoms with Crippen LogP contribution in [-0.4, -0.2) is 28.6 Å². The molecule has 5 nitrogen and oxygen atoms in total. The number of nitriles is 1. The van der Waals surface area contributed by atoms with E-state index in [0.717, 1.165) is 25.7 Å². The minimum absolute atomic E-state index is 0.255. The van der Waals surface area contributed by atoms with E-state index >= 15 is 0 Å². The van der Waals surface area contributed by atoms with Gasteiger partial charge < -0.3 is 10.4 Å². The number of pyridine rings is 1. The Morgan fingerprint density at radius 3 is 2.84 bits per heavy atom. The number of carbonyl (C=O) groups is 1. The van der Waals surface area contributed by atoms with Crippen molar-refractivity contribution in [3.8, 4) is 6.07 Å². The zero-order chi connectivity index (χ0) is 13.7. The highest BCUT2D eigenvalue weighted by molar-refractivity contribution is 5.92. The maximum absolute atomic E-state index is 11.8. The Labute approximate surface area is 112 Å². The largest absolute Gasteiger partial charge is 0.391 e. The Kier molecular flexibility index (Phi) is 4.48. The Bertz CT molecular complexity index is 472. The molecular formula is C14H17N3O2. The van der Waals surface area contributed by atoms with Gasteiger partial charge in [-0.3, -0.25) is 4.79 Å². The topological polar surface area (TPSA) is 86.0 Å². The molecular weight excluding hydrogens is 242 g/mol. The molecule has 0 radical (unpaired) electrons. The summed E-state index contributed by atoms with van der Waals surface area (Å²) in [6, 6.07) is 5.01. The molecule has 100 valence electrons. The fraction of sp³-hybridized carbons (Fsp3) is 0.500. The molecule has 1 saturated carbocycles. The first kappa shape index (κ1) is 13.5. The Hall–Kier alpha value is -1.93. The standard InChI is InChI=1S/C14H17N3O2/c15-7-10-5-6-12(16-8-10)14(19)17-9-13(18)11-3-1-2-4-11/h5-6,8,11,13,18H,1-4,9H2,(H,17,19). The van der Waals surface area contributed by atoms with Gasteiger partial charge >= 0.3 is 0 Å². The van der Waals surface area contributed by atoms with Crippen LogP contribution in [0.25, 0.3) is 0 Å². The number of hydrogen-bond donors (Lipinski definition) is 2. The van der Waals surface area contributed by atoms with Gasteiger partial charge in [0.05, 0.1) is 11.7 Å². The first-order chi connectivity index (χ1) is 9.20. The van der Waals surface area contributed by atoms with Crippen molar-refractivity contribution in [2.24, 2.45) is 5.92 Å². The molecule has 1 amide bonds. The van der Waals surface area contributed by atoms with Crippen LogP contribution in [0.15, 0.2) is 18.3 Å². The lowest BCUT2D eigenvalue weighted by Gasteiger charge is -2.17. The van der Waals surface area contributed by atoms with Crippen molar-refractivity contribution in [2.75, 3.05) is 6.54 Å². The lowest BCUT2D eigenvalue weighted by molar-refractivity contribution is 0.0836. The summed E-state index contributed by atoms with van der Waals surface area (Å²) in [6.07, 6.45) is 5.27. The average Bonchev–Trinajstić information content (AvgIpc) is 2.98. The number of nitrogens with zero attached hydrogens (tertiary/aromatic N) is 2. The number of hydrogen-bond acceptors (Lipinski definition) is 4. The normalized spacial score (nSPS) is 16.8. The van der Waals surface area contributed by atoms with E-state index in [-0.39, 0.29) is 18.1 Å². The van der Waals surface area contributed by atoms with Crippen LogP contribution in [0.5, 0.6) is 0 Å². The predicted octanol–water partition coefficient (Wildman–Crippen LogP) is 1.23. The van der Waals surface area contributed by atoms with Gasteiger partial charge in [0.2, 0.25) is 0 Å². The molecule has 2 rings (SSSR count). The van der Waals surface area contributed by atoms with Crippen molar-refractivity contribution >= 4 is 5.91 Å². The minimum atomic E-state index is -0.482. The minimum Gasteiger partial charge on any atom is -0.391 e. The number of rotatable bonds is 4. The number of aliphatic hydroxyl groups is 1. The zero-order valence-corrected chi connectivity index (χ0v) is 10.7. The summed E-state index contributed by atoms with van der Waals surface area (Å²) in [5, 5.41) is 21.3. The zero-order valence-electron chi connectivity index (χ0n) is 10.7. The third-order valence-electron chi connectivity index (χ3n) is 3.54. The Morgan fingerprint density at radius 1 is 1.53 bits per heavy atom. The molecule has 0 aromatic carbocycles. The fourth-order valence-electron chi connectivity index (χ4n) is 2.39. The van der Waals surface area contributed by atoms with Crippen molar-refractivity contribution in [2.45, 2.75) is 31.8 Å². The molecule has 1 heterocycles. The van der Waals surface area contributed by atoms with Gasteiger partial charge in [0.25, 0.3) is 5.91 Å². The number of aliphatic hydroxyl groups excluding tert-OH is 1. The van der Waals surface area contributed by atoms with Crippen molar-refractivity contribution in [1.29, 1.82) is 5.26 Å². The van der Waals surface area contributed by atoms with Crippen LogP contribution in [0.4, 0.5) is 0 Å². The Balaban J connectivity index is 1.84. The van der Waals surface area contributed by atoms with E-state index in [0.29, 0.717) is 11.5 Å². The van der Waals surface area contributed by atoms with E-state index in [9.17, 15) is 9.90 Å². The summed E-state index contributed by atoms with van der Waals surface area (Å²) in [4.78, 5) is 15.7. The second kappa shape index (κ2) is 6.30. The van der Waals surface area contributed by atoms with E-state index in [2.05, 4.69) is 10.3 Å². The van der Waals surface area contributed by atoms with Crippen LogP contribution < -0.4 is 5.32 Å². The van der Waals surface area contributed by atoms with Gasteiger partial charge in [-0.05, 0) is 30.9 Å². The molecule has 1 aromatic heterocycles. The third-order valence-corrected chi connectivity index (χ3v) is 3.54. The molecule has 0 spiro atoms. The van der Waals surface area contributed by atoms with Gasteiger partial charge in [-0.1, -0.05) is 12.8 Å². The molecule has 1 unspecified atom stereocenters. The van der Waals surface area contributed by atoms with Crippen molar-refractivity contribution in [3.63, 3.8) is 0 Å². The van der Waals surface area contributed by atoms with Crippen LogP contribution in [0, 0.1) is 17.2 Å². The van der Waals surface area contributed by atoms with E-state index in [4.69, 9.17) is 5.26 Å². The lowest BCUT2D eigenvalue weighted by atomic mass is 10.0. The quantitative estimate of drug-likeness (QED) is 0.851. The first-order valence-electron chi connectivity index (χ1n) is 6.53. The lowest BCUT2D eigenvalue weighted by Crippen LogP contribution is -2.35. The molecule has 1 aliphatic carbocycles. The van der Waals surface area contributed by atoms with Crippen LogP contribution in [0.1, 0.15) is 41.7 Å². The SMILES string of the molecule is N#Cc1ccc(C(=O)NCC(O)C2CCCC2)nc1. The summed E-state index contributed by atoms with van der Waals surface area (Å²) in [7, 11) is 0.